The Bertz CT molecular complexity index is 1480. The van der Waals surface area contributed by atoms with Gasteiger partial charge in [0.25, 0.3) is 5.69 Å². The Morgan fingerprint density at radius 3 is 2.53 bits per heavy atom. The van der Waals surface area contributed by atoms with Crippen LogP contribution in [0.3, 0.4) is 0 Å². The molecule has 5 rings (SSSR count). The molecular formula is C27H26N4O3S2. The van der Waals surface area contributed by atoms with Crippen molar-refractivity contribution in [3.05, 3.63) is 80.7 Å². The third-order valence-electron chi connectivity index (χ3n) is 6.12. The molecule has 0 atom stereocenters. The van der Waals surface area contributed by atoms with Gasteiger partial charge in [0, 0.05) is 39.7 Å². The largest absolute Gasteiger partial charge is 0.313 e. The van der Waals surface area contributed by atoms with E-state index in [-0.39, 0.29) is 22.7 Å². The molecule has 1 aliphatic heterocycles. The van der Waals surface area contributed by atoms with Gasteiger partial charge in [0.1, 0.15) is 10.0 Å². The standard InChI is InChI=1S/C27H26N4O3S2/c1-26(2)15-18-22(24-28-19-7-5-6-8-20(19)35-24)25(36-23(18)27(3,4)30-26)29-21(32)14-11-16-9-12-17(13-10-16)31(33)34/h5-14,30H,15H2,1-4H3,(H,29,32)/b14-11+. The number of hydrogen-bond donors (Lipinski definition) is 2. The summed E-state index contributed by atoms with van der Waals surface area (Å²) < 4.78 is 1.11. The Morgan fingerprint density at radius 1 is 1.11 bits per heavy atom. The van der Waals surface area contributed by atoms with Gasteiger partial charge in [-0.25, -0.2) is 4.98 Å². The zero-order valence-electron chi connectivity index (χ0n) is 20.4. The highest BCUT2D eigenvalue weighted by Gasteiger charge is 2.41. The SMILES string of the molecule is CC1(C)Cc2c(sc(NC(=O)/C=C/c3ccc([N+](=O)[O-])cc3)c2-c2nc3ccccc3s2)C(C)(C)N1. The van der Waals surface area contributed by atoms with Gasteiger partial charge in [-0.3, -0.25) is 14.9 Å². The van der Waals surface area contributed by atoms with Gasteiger partial charge in [0.15, 0.2) is 0 Å². The summed E-state index contributed by atoms with van der Waals surface area (Å²) in [5.74, 6) is -0.265. The minimum Gasteiger partial charge on any atom is -0.313 e. The van der Waals surface area contributed by atoms with E-state index in [1.165, 1.54) is 28.6 Å². The van der Waals surface area contributed by atoms with Crippen molar-refractivity contribution in [2.45, 2.75) is 45.2 Å². The third kappa shape index (κ3) is 4.69. The van der Waals surface area contributed by atoms with Gasteiger partial charge in [-0.05, 0) is 75.6 Å². The first-order valence-corrected chi connectivity index (χ1v) is 13.2. The highest BCUT2D eigenvalue weighted by molar-refractivity contribution is 7.23. The number of carbonyl (C=O) groups is 1. The zero-order chi connectivity index (χ0) is 25.7. The summed E-state index contributed by atoms with van der Waals surface area (Å²) in [4.78, 5) is 29.5. The molecule has 2 N–H and O–H groups in total. The average molecular weight is 519 g/mol. The van der Waals surface area contributed by atoms with E-state index >= 15 is 0 Å². The first-order chi connectivity index (χ1) is 17.0. The maximum Gasteiger partial charge on any atom is 0.269 e. The number of para-hydroxylation sites is 1. The van der Waals surface area contributed by atoms with Crippen LogP contribution in [0.2, 0.25) is 0 Å². The molecule has 36 heavy (non-hydrogen) atoms. The number of nitro benzene ring substituents is 1. The van der Waals surface area contributed by atoms with Gasteiger partial charge >= 0.3 is 0 Å². The molecule has 3 heterocycles. The van der Waals surface area contributed by atoms with Crippen LogP contribution in [0.25, 0.3) is 26.9 Å². The van der Waals surface area contributed by atoms with Gasteiger partial charge in [0.2, 0.25) is 5.91 Å². The number of non-ortho nitro benzene ring substituents is 1. The molecule has 0 saturated carbocycles. The number of anilines is 1. The lowest BCUT2D eigenvalue weighted by atomic mass is 9.81. The predicted molar refractivity (Wildman–Crippen MR) is 148 cm³/mol. The summed E-state index contributed by atoms with van der Waals surface area (Å²) in [6.45, 7) is 8.74. The van der Waals surface area contributed by atoms with E-state index in [1.54, 1.807) is 40.9 Å². The van der Waals surface area contributed by atoms with Crippen molar-refractivity contribution in [2.75, 3.05) is 5.32 Å². The summed E-state index contributed by atoms with van der Waals surface area (Å²) in [5.41, 5.74) is 3.52. The Balaban J connectivity index is 1.52. The fourth-order valence-electron chi connectivity index (χ4n) is 4.85. The molecule has 0 saturated heterocycles. The molecular weight excluding hydrogens is 492 g/mol. The smallest absolute Gasteiger partial charge is 0.269 e. The normalized spacial score (nSPS) is 16.2. The second-order valence-corrected chi connectivity index (χ2v) is 12.1. The lowest BCUT2D eigenvalue weighted by Crippen LogP contribution is -2.54. The van der Waals surface area contributed by atoms with Crippen molar-refractivity contribution in [3.8, 4) is 10.6 Å². The number of fused-ring (bicyclic) bond motifs is 2. The molecule has 0 bridgehead atoms. The second kappa shape index (κ2) is 8.92. The number of amides is 1. The van der Waals surface area contributed by atoms with Gasteiger partial charge in [0.05, 0.1) is 15.1 Å². The maximum absolute atomic E-state index is 13.0. The van der Waals surface area contributed by atoms with Crippen LogP contribution in [0.1, 0.15) is 43.7 Å². The van der Waals surface area contributed by atoms with Gasteiger partial charge in [-0.15, -0.1) is 22.7 Å². The second-order valence-electron chi connectivity index (χ2n) is 10.1. The van der Waals surface area contributed by atoms with Crippen LogP contribution in [0.15, 0.2) is 54.6 Å². The van der Waals surface area contributed by atoms with Crippen molar-refractivity contribution in [1.29, 1.82) is 0 Å². The van der Waals surface area contributed by atoms with E-state index < -0.39 is 4.92 Å². The number of hydrogen-bond acceptors (Lipinski definition) is 7. The quantitative estimate of drug-likeness (QED) is 0.173. The topological polar surface area (TPSA) is 97.2 Å². The molecule has 2 aromatic heterocycles. The highest BCUT2D eigenvalue weighted by atomic mass is 32.1. The van der Waals surface area contributed by atoms with Crippen molar-refractivity contribution in [2.24, 2.45) is 0 Å². The number of thiazole rings is 1. The van der Waals surface area contributed by atoms with Crippen LogP contribution < -0.4 is 10.6 Å². The van der Waals surface area contributed by atoms with Crippen LogP contribution >= 0.6 is 22.7 Å². The van der Waals surface area contributed by atoms with Crippen LogP contribution in [-0.4, -0.2) is 21.4 Å². The third-order valence-corrected chi connectivity index (χ3v) is 8.64. The maximum atomic E-state index is 13.0. The first-order valence-electron chi connectivity index (χ1n) is 11.6. The molecule has 0 unspecified atom stereocenters. The van der Waals surface area contributed by atoms with Crippen LogP contribution in [0.4, 0.5) is 10.7 Å². The molecule has 184 valence electrons. The predicted octanol–water partition coefficient (Wildman–Crippen LogP) is 6.74. The van der Waals surface area contributed by atoms with Gasteiger partial charge in [-0.1, -0.05) is 12.1 Å². The number of benzene rings is 2. The molecule has 7 nitrogen and oxygen atoms in total. The number of thiophene rings is 1. The van der Waals surface area contributed by atoms with E-state index in [1.807, 2.05) is 18.2 Å². The lowest BCUT2D eigenvalue weighted by molar-refractivity contribution is -0.384. The Morgan fingerprint density at radius 2 is 1.83 bits per heavy atom. The van der Waals surface area contributed by atoms with Crippen LogP contribution in [-0.2, 0) is 16.8 Å². The van der Waals surface area contributed by atoms with E-state index in [0.29, 0.717) is 5.56 Å². The molecule has 0 fully saturated rings. The minimum atomic E-state index is -0.444. The molecule has 1 amide bonds. The molecule has 0 aliphatic carbocycles. The summed E-state index contributed by atoms with van der Waals surface area (Å²) in [6, 6.07) is 14.2. The Kier molecular flexibility index (Phi) is 6.02. The van der Waals surface area contributed by atoms with E-state index in [0.717, 1.165) is 32.2 Å². The molecule has 1 aliphatic rings. The lowest BCUT2D eigenvalue weighted by Gasteiger charge is -2.42. The fraction of sp³-hybridized carbons (Fsp3) is 0.259. The van der Waals surface area contributed by atoms with E-state index in [4.69, 9.17) is 4.98 Å². The first kappa shape index (κ1) is 24.3. The van der Waals surface area contributed by atoms with Crippen LogP contribution in [0, 0.1) is 10.1 Å². The summed E-state index contributed by atoms with van der Waals surface area (Å²) >= 11 is 3.23. The number of aromatic nitrogens is 1. The number of carbonyl (C=O) groups excluding carboxylic acids is 1. The average Bonchev–Trinajstić information content (AvgIpc) is 3.38. The van der Waals surface area contributed by atoms with Crippen molar-refractivity contribution < 1.29 is 9.72 Å². The minimum absolute atomic E-state index is 0.0143. The van der Waals surface area contributed by atoms with Crippen molar-refractivity contribution >= 4 is 55.6 Å². The molecule has 2 aromatic carbocycles. The number of rotatable bonds is 5. The molecule has 4 aromatic rings. The number of nitro groups is 1. The molecule has 0 radical (unpaired) electrons. The highest BCUT2D eigenvalue weighted by Crippen LogP contribution is 2.50. The fourth-order valence-corrected chi connectivity index (χ4v) is 7.24. The van der Waals surface area contributed by atoms with E-state index in [9.17, 15) is 14.9 Å². The number of nitrogens with one attached hydrogen (secondary N) is 2. The molecule has 0 spiro atoms. The summed E-state index contributed by atoms with van der Waals surface area (Å²) in [5, 5.41) is 19.4. The van der Waals surface area contributed by atoms with E-state index in [2.05, 4.69) is 44.4 Å². The molecule has 9 heteroatoms. The van der Waals surface area contributed by atoms with Crippen molar-refractivity contribution in [3.63, 3.8) is 0 Å². The van der Waals surface area contributed by atoms with Gasteiger partial charge < -0.3 is 10.6 Å². The monoisotopic (exact) mass is 518 g/mol. The Hall–Kier alpha value is -3.40. The van der Waals surface area contributed by atoms with Crippen molar-refractivity contribution in [1.82, 2.24) is 10.3 Å². The summed E-state index contributed by atoms with van der Waals surface area (Å²) in [6.07, 6.45) is 3.93. The Labute approximate surface area is 217 Å². The zero-order valence-corrected chi connectivity index (χ0v) is 22.0. The summed E-state index contributed by atoms with van der Waals surface area (Å²) in [7, 11) is 0. The number of nitrogens with zero attached hydrogens (tertiary/aromatic N) is 2. The van der Waals surface area contributed by atoms with Gasteiger partial charge in [-0.2, -0.15) is 0 Å². The van der Waals surface area contributed by atoms with Crippen LogP contribution in [0.5, 0.6) is 0 Å².